The van der Waals surface area contributed by atoms with Crippen LogP contribution in [-0.4, -0.2) is 30.9 Å². The maximum Gasteiger partial charge on any atom is 0.333 e. The van der Waals surface area contributed by atoms with Crippen LogP contribution in [0.4, 0.5) is 0 Å². The fourth-order valence-electron chi connectivity index (χ4n) is 4.47. The first-order chi connectivity index (χ1) is 15.4. The van der Waals surface area contributed by atoms with E-state index in [1.54, 1.807) is 6.92 Å². The second kappa shape index (κ2) is 14.2. The van der Waals surface area contributed by atoms with Crippen molar-refractivity contribution in [3.8, 4) is 5.75 Å². The molecule has 1 atom stereocenters. The molecule has 0 amide bonds. The smallest absolute Gasteiger partial charge is 0.333 e. The van der Waals surface area contributed by atoms with Gasteiger partial charge < -0.3 is 14.6 Å². The predicted molar refractivity (Wildman–Crippen MR) is 131 cm³/mol. The molecule has 1 aromatic carbocycles. The third-order valence-corrected chi connectivity index (χ3v) is 6.50. The SMILES string of the molecule is C=C(CO)CC(COC(=O)C(=C)C)COc1ccc(C2CCC(CCCCC)CC2)cc1. The van der Waals surface area contributed by atoms with Gasteiger partial charge in [-0.2, -0.15) is 0 Å². The van der Waals surface area contributed by atoms with E-state index in [1.807, 2.05) is 12.1 Å². The van der Waals surface area contributed by atoms with E-state index in [2.05, 4.69) is 32.2 Å². The normalized spacial score (nSPS) is 19.2. The van der Waals surface area contributed by atoms with Crippen molar-refractivity contribution < 1.29 is 19.4 Å². The van der Waals surface area contributed by atoms with Crippen molar-refractivity contribution >= 4 is 5.97 Å². The third kappa shape index (κ3) is 9.20. The van der Waals surface area contributed by atoms with Gasteiger partial charge in [-0.05, 0) is 68.6 Å². The molecule has 1 aliphatic carbocycles. The van der Waals surface area contributed by atoms with Crippen molar-refractivity contribution in [1.82, 2.24) is 0 Å². The van der Waals surface area contributed by atoms with E-state index in [4.69, 9.17) is 9.47 Å². The number of carbonyl (C=O) groups excluding carboxylic acids is 1. The molecule has 0 heterocycles. The Morgan fingerprint density at radius 2 is 1.78 bits per heavy atom. The summed E-state index contributed by atoms with van der Waals surface area (Å²) in [5.41, 5.74) is 2.48. The average Bonchev–Trinajstić information content (AvgIpc) is 2.81. The Morgan fingerprint density at radius 1 is 1.09 bits per heavy atom. The summed E-state index contributed by atoms with van der Waals surface area (Å²) >= 11 is 0. The van der Waals surface area contributed by atoms with Gasteiger partial charge >= 0.3 is 5.97 Å². The van der Waals surface area contributed by atoms with Crippen molar-refractivity contribution in [1.29, 1.82) is 0 Å². The van der Waals surface area contributed by atoms with E-state index in [0.717, 1.165) is 11.7 Å². The molecule has 2 rings (SSSR count). The maximum atomic E-state index is 11.7. The molecule has 4 nitrogen and oxygen atoms in total. The zero-order chi connectivity index (χ0) is 23.3. The summed E-state index contributed by atoms with van der Waals surface area (Å²) in [5.74, 6) is 1.92. The first kappa shape index (κ1) is 26.2. The number of hydrogen-bond acceptors (Lipinski definition) is 4. The lowest BCUT2D eigenvalue weighted by Crippen LogP contribution is -2.21. The number of benzene rings is 1. The molecule has 1 aliphatic rings. The van der Waals surface area contributed by atoms with Gasteiger partial charge in [-0.3, -0.25) is 0 Å². The summed E-state index contributed by atoms with van der Waals surface area (Å²) in [6.45, 7) is 11.9. The van der Waals surface area contributed by atoms with Crippen molar-refractivity contribution in [3.05, 3.63) is 54.1 Å². The molecule has 0 aliphatic heterocycles. The van der Waals surface area contributed by atoms with Crippen LogP contribution >= 0.6 is 0 Å². The number of ether oxygens (including phenoxy) is 2. The highest BCUT2D eigenvalue weighted by molar-refractivity contribution is 5.86. The Morgan fingerprint density at radius 3 is 2.38 bits per heavy atom. The molecule has 1 N–H and O–H groups in total. The number of carbonyl (C=O) groups is 1. The van der Waals surface area contributed by atoms with Gasteiger partial charge in [0.1, 0.15) is 5.75 Å². The predicted octanol–water partition coefficient (Wildman–Crippen LogP) is 6.59. The minimum absolute atomic E-state index is 0.0689. The first-order valence-corrected chi connectivity index (χ1v) is 12.3. The van der Waals surface area contributed by atoms with Crippen LogP contribution in [0.25, 0.3) is 0 Å². The topological polar surface area (TPSA) is 55.8 Å². The van der Waals surface area contributed by atoms with E-state index in [0.29, 0.717) is 30.1 Å². The molecule has 0 aromatic heterocycles. The number of rotatable bonds is 14. The van der Waals surface area contributed by atoms with E-state index in [1.165, 1.54) is 56.9 Å². The van der Waals surface area contributed by atoms with E-state index < -0.39 is 5.97 Å². The molecule has 32 heavy (non-hydrogen) atoms. The number of esters is 1. The monoisotopic (exact) mass is 442 g/mol. The van der Waals surface area contributed by atoms with Gasteiger partial charge in [0.05, 0.1) is 19.8 Å². The van der Waals surface area contributed by atoms with E-state index >= 15 is 0 Å². The molecular weight excluding hydrogens is 400 g/mol. The summed E-state index contributed by atoms with van der Waals surface area (Å²) < 4.78 is 11.3. The molecule has 1 saturated carbocycles. The first-order valence-electron chi connectivity index (χ1n) is 12.3. The average molecular weight is 443 g/mol. The van der Waals surface area contributed by atoms with E-state index in [-0.39, 0.29) is 19.1 Å². The highest BCUT2D eigenvalue weighted by Gasteiger charge is 2.22. The fraction of sp³-hybridized carbons (Fsp3) is 0.607. The molecule has 1 unspecified atom stereocenters. The Bertz CT molecular complexity index is 713. The standard InChI is InChI=1S/C28H42O4/c1-5-6-7-8-23-9-11-25(12-10-23)26-13-15-27(16-14-26)31-19-24(17-22(4)18-29)20-32-28(30)21(2)3/h13-16,23-25,29H,2,4-12,17-20H2,1,3H3. The largest absolute Gasteiger partial charge is 0.493 e. The quantitative estimate of drug-likeness (QED) is 0.153. The van der Waals surface area contributed by atoms with Gasteiger partial charge in [0.25, 0.3) is 0 Å². The third-order valence-electron chi connectivity index (χ3n) is 6.50. The van der Waals surface area contributed by atoms with Crippen LogP contribution < -0.4 is 4.74 Å². The minimum Gasteiger partial charge on any atom is -0.493 e. The molecule has 178 valence electrons. The minimum atomic E-state index is -0.408. The molecule has 1 fully saturated rings. The summed E-state index contributed by atoms with van der Waals surface area (Å²) in [5, 5.41) is 9.30. The highest BCUT2D eigenvalue weighted by atomic mass is 16.5. The molecule has 0 bridgehead atoms. The molecule has 0 saturated heterocycles. The van der Waals surface area contributed by atoms with Crippen molar-refractivity contribution in [2.24, 2.45) is 11.8 Å². The van der Waals surface area contributed by atoms with Gasteiger partial charge in [-0.1, -0.05) is 63.5 Å². The van der Waals surface area contributed by atoms with Crippen molar-refractivity contribution in [3.63, 3.8) is 0 Å². The maximum absolute atomic E-state index is 11.7. The van der Waals surface area contributed by atoms with Gasteiger partial charge in [0, 0.05) is 11.5 Å². The molecule has 0 spiro atoms. The molecule has 1 aromatic rings. The fourth-order valence-corrected chi connectivity index (χ4v) is 4.47. The van der Waals surface area contributed by atoms with Crippen molar-refractivity contribution in [2.75, 3.05) is 19.8 Å². The lowest BCUT2D eigenvalue weighted by atomic mass is 9.77. The Balaban J connectivity index is 1.82. The lowest BCUT2D eigenvalue weighted by Gasteiger charge is -2.29. The van der Waals surface area contributed by atoms with Crippen LogP contribution in [0.5, 0.6) is 5.75 Å². The van der Waals surface area contributed by atoms with Gasteiger partial charge in [-0.25, -0.2) is 4.79 Å². The molecule has 0 radical (unpaired) electrons. The van der Waals surface area contributed by atoms with Crippen LogP contribution in [0.1, 0.15) is 83.1 Å². The van der Waals surface area contributed by atoms with E-state index in [9.17, 15) is 9.90 Å². The van der Waals surface area contributed by atoms with Crippen LogP contribution in [0.3, 0.4) is 0 Å². The Labute approximate surface area is 194 Å². The van der Waals surface area contributed by atoms with Crippen LogP contribution in [0.15, 0.2) is 48.6 Å². The second-order valence-corrected chi connectivity index (χ2v) is 9.45. The van der Waals surface area contributed by atoms with Crippen LogP contribution in [0, 0.1) is 11.8 Å². The number of hydrogen-bond donors (Lipinski definition) is 1. The second-order valence-electron chi connectivity index (χ2n) is 9.45. The molecule has 4 heteroatoms. The van der Waals surface area contributed by atoms with Crippen molar-refractivity contribution in [2.45, 2.75) is 77.6 Å². The highest BCUT2D eigenvalue weighted by Crippen LogP contribution is 2.38. The Kier molecular flexibility index (Phi) is 11.6. The lowest BCUT2D eigenvalue weighted by molar-refractivity contribution is -0.140. The summed E-state index contributed by atoms with van der Waals surface area (Å²) in [6.07, 6.45) is 11.3. The molecular formula is C28H42O4. The van der Waals surface area contributed by atoms with Crippen LogP contribution in [-0.2, 0) is 9.53 Å². The van der Waals surface area contributed by atoms with Gasteiger partial charge in [0.2, 0.25) is 0 Å². The number of aliphatic hydroxyl groups is 1. The van der Waals surface area contributed by atoms with Gasteiger partial charge in [-0.15, -0.1) is 0 Å². The Hall–Kier alpha value is -2.07. The summed E-state index contributed by atoms with van der Waals surface area (Å²) in [7, 11) is 0. The number of unbranched alkanes of at least 4 members (excludes halogenated alkanes) is 2. The zero-order valence-corrected chi connectivity index (χ0v) is 20.1. The number of aliphatic hydroxyl groups excluding tert-OH is 1. The zero-order valence-electron chi connectivity index (χ0n) is 20.1. The van der Waals surface area contributed by atoms with Gasteiger partial charge in [0.15, 0.2) is 0 Å². The summed E-state index contributed by atoms with van der Waals surface area (Å²) in [6, 6.07) is 8.47. The summed E-state index contributed by atoms with van der Waals surface area (Å²) in [4.78, 5) is 11.7. The van der Waals surface area contributed by atoms with Crippen LogP contribution in [0.2, 0.25) is 0 Å².